The summed E-state index contributed by atoms with van der Waals surface area (Å²) < 4.78 is 0. The molecule has 4 aromatic rings. The summed E-state index contributed by atoms with van der Waals surface area (Å²) in [5, 5.41) is 8.62. The zero-order valence-electron chi connectivity index (χ0n) is 17.1. The average molecular weight is 427 g/mol. The van der Waals surface area contributed by atoms with Gasteiger partial charge in [0.2, 0.25) is 0 Å². The number of benzene rings is 3. The van der Waals surface area contributed by atoms with Crippen LogP contribution in [0.25, 0.3) is 33.9 Å². The minimum atomic E-state index is -0.791. The van der Waals surface area contributed by atoms with E-state index in [2.05, 4.69) is 0 Å². The second kappa shape index (κ2) is 9.58. The molecule has 5 heteroatoms. The smallest absolute Gasteiger partial charge is 0.316 e. The molecule has 4 nitrogen and oxygen atoms in total. The van der Waals surface area contributed by atoms with Crippen molar-refractivity contribution >= 4 is 17.7 Å². The first-order valence-electron chi connectivity index (χ1n) is 10.0. The molecule has 4 rings (SSSR count). The van der Waals surface area contributed by atoms with E-state index in [1.54, 1.807) is 6.92 Å². The normalized spacial score (nSPS) is 11.8. The Morgan fingerprint density at radius 3 is 1.81 bits per heavy atom. The van der Waals surface area contributed by atoms with Crippen LogP contribution < -0.4 is 0 Å². The monoisotopic (exact) mass is 426 g/mol. The van der Waals surface area contributed by atoms with Gasteiger partial charge in [0.15, 0.2) is 5.82 Å². The lowest BCUT2D eigenvalue weighted by molar-refractivity contribution is -0.136. The Morgan fingerprint density at radius 2 is 1.32 bits per heavy atom. The van der Waals surface area contributed by atoms with Crippen molar-refractivity contribution < 1.29 is 9.90 Å². The van der Waals surface area contributed by atoms with Crippen LogP contribution in [-0.4, -0.2) is 26.3 Å². The lowest BCUT2D eigenvalue weighted by Gasteiger charge is -2.10. The summed E-state index contributed by atoms with van der Waals surface area (Å²) in [5.74, 6) is 0.521. The molecule has 1 unspecified atom stereocenters. The quantitative estimate of drug-likeness (QED) is 0.382. The van der Waals surface area contributed by atoms with Gasteiger partial charge in [-0.15, -0.1) is 11.8 Å². The summed E-state index contributed by atoms with van der Waals surface area (Å²) >= 11 is 1.41. The molecule has 1 heterocycles. The van der Waals surface area contributed by atoms with E-state index in [1.165, 1.54) is 11.8 Å². The van der Waals surface area contributed by atoms with Crippen molar-refractivity contribution in [2.45, 2.75) is 17.9 Å². The van der Waals surface area contributed by atoms with Crippen molar-refractivity contribution in [1.82, 2.24) is 9.97 Å². The van der Waals surface area contributed by atoms with Crippen molar-refractivity contribution in [3.63, 3.8) is 0 Å². The molecule has 0 fully saturated rings. The lowest BCUT2D eigenvalue weighted by Crippen LogP contribution is -2.11. The van der Waals surface area contributed by atoms with Gasteiger partial charge in [-0.3, -0.25) is 4.79 Å². The molecule has 1 atom stereocenters. The fourth-order valence-corrected chi connectivity index (χ4v) is 3.91. The highest BCUT2D eigenvalue weighted by atomic mass is 32.2. The number of aliphatic carboxylic acids is 1. The molecule has 0 saturated heterocycles. The fourth-order valence-electron chi connectivity index (χ4n) is 3.13. The molecule has 0 saturated carbocycles. The molecule has 0 bridgehead atoms. The Hall–Kier alpha value is -3.44. The van der Waals surface area contributed by atoms with Gasteiger partial charge in [0.05, 0.1) is 16.6 Å². The van der Waals surface area contributed by atoms with Gasteiger partial charge < -0.3 is 5.11 Å². The Bertz CT molecular complexity index is 1110. The first-order chi connectivity index (χ1) is 15.1. The van der Waals surface area contributed by atoms with Crippen LogP contribution >= 0.6 is 11.8 Å². The predicted molar refractivity (Wildman–Crippen MR) is 127 cm³/mol. The summed E-state index contributed by atoms with van der Waals surface area (Å²) in [6.07, 6.45) is 0. The van der Waals surface area contributed by atoms with Gasteiger partial charge in [0.1, 0.15) is 0 Å². The van der Waals surface area contributed by atoms with E-state index in [9.17, 15) is 4.79 Å². The number of carbonyl (C=O) groups is 1. The molecule has 0 amide bonds. The highest BCUT2D eigenvalue weighted by Crippen LogP contribution is 2.28. The van der Waals surface area contributed by atoms with Crippen molar-refractivity contribution in [1.29, 1.82) is 0 Å². The topological polar surface area (TPSA) is 63.1 Å². The molecular weight excluding hydrogens is 404 g/mol. The van der Waals surface area contributed by atoms with E-state index in [0.717, 1.165) is 33.6 Å². The maximum Gasteiger partial charge on any atom is 0.316 e. The maximum absolute atomic E-state index is 11.0. The summed E-state index contributed by atoms with van der Waals surface area (Å²) in [6, 6.07) is 30.2. The minimum Gasteiger partial charge on any atom is -0.480 e. The fraction of sp³-hybridized carbons (Fsp3) is 0.115. The Labute approximate surface area is 186 Å². The first-order valence-corrected chi connectivity index (χ1v) is 11.1. The van der Waals surface area contributed by atoms with Crippen molar-refractivity contribution in [2.75, 3.05) is 0 Å². The van der Waals surface area contributed by atoms with Gasteiger partial charge in [-0.05, 0) is 18.6 Å². The largest absolute Gasteiger partial charge is 0.480 e. The maximum atomic E-state index is 11.0. The summed E-state index contributed by atoms with van der Waals surface area (Å²) in [7, 11) is 0. The van der Waals surface area contributed by atoms with Crippen LogP contribution in [0.1, 0.15) is 12.5 Å². The van der Waals surface area contributed by atoms with Crippen LogP contribution in [0.15, 0.2) is 91.0 Å². The van der Waals surface area contributed by atoms with Crippen LogP contribution in [0, 0.1) is 0 Å². The number of rotatable bonds is 7. The first kappa shape index (κ1) is 20.8. The Balaban J connectivity index is 1.68. The van der Waals surface area contributed by atoms with Crippen LogP contribution in [-0.2, 0) is 10.5 Å². The van der Waals surface area contributed by atoms with Crippen LogP contribution in [0.3, 0.4) is 0 Å². The standard InChI is InChI=1S/C26H22N2O2S/c1-18(26(29)30)31-17-19-12-14-22(15-13-19)25-27-23(20-8-4-2-5-9-20)16-24(28-25)21-10-6-3-7-11-21/h2-16,18H,17H2,1H3,(H,29,30). The van der Waals surface area contributed by atoms with Gasteiger partial charge in [-0.25, -0.2) is 9.97 Å². The van der Waals surface area contributed by atoms with Gasteiger partial charge in [0.25, 0.3) is 0 Å². The molecule has 1 N–H and O–H groups in total. The number of carboxylic acid groups (broad SMARTS) is 1. The SMILES string of the molecule is CC(SCc1ccc(-c2nc(-c3ccccc3)cc(-c3ccccc3)n2)cc1)C(=O)O. The Morgan fingerprint density at radius 1 is 0.806 bits per heavy atom. The van der Waals surface area contributed by atoms with Crippen molar-refractivity contribution in [3.05, 3.63) is 96.6 Å². The van der Waals surface area contributed by atoms with Gasteiger partial charge in [-0.2, -0.15) is 0 Å². The second-order valence-electron chi connectivity index (χ2n) is 7.18. The van der Waals surface area contributed by atoms with E-state index < -0.39 is 11.2 Å². The van der Waals surface area contributed by atoms with Crippen LogP contribution in [0.5, 0.6) is 0 Å². The van der Waals surface area contributed by atoms with E-state index in [-0.39, 0.29) is 0 Å². The number of hydrogen-bond donors (Lipinski definition) is 1. The molecule has 154 valence electrons. The number of nitrogens with zero attached hydrogens (tertiary/aromatic N) is 2. The van der Waals surface area contributed by atoms with Gasteiger partial charge >= 0.3 is 5.97 Å². The van der Waals surface area contributed by atoms with E-state index in [0.29, 0.717) is 11.6 Å². The number of thioether (sulfide) groups is 1. The van der Waals surface area contributed by atoms with Crippen molar-refractivity contribution in [2.24, 2.45) is 0 Å². The molecule has 0 aliphatic rings. The molecule has 0 radical (unpaired) electrons. The van der Waals surface area contributed by atoms with E-state index >= 15 is 0 Å². The Kier molecular flexibility index (Phi) is 6.43. The van der Waals surface area contributed by atoms with Crippen molar-refractivity contribution in [3.8, 4) is 33.9 Å². The van der Waals surface area contributed by atoms with Gasteiger partial charge in [0, 0.05) is 22.4 Å². The predicted octanol–water partition coefficient (Wildman–Crippen LogP) is 6.18. The van der Waals surface area contributed by atoms with E-state index in [1.807, 2.05) is 91.0 Å². The third-order valence-electron chi connectivity index (χ3n) is 4.93. The number of hydrogen-bond acceptors (Lipinski definition) is 4. The second-order valence-corrected chi connectivity index (χ2v) is 8.51. The summed E-state index contributed by atoms with van der Waals surface area (Å²) in [6.45, 7) is 1.70. The molecule has 0 aliphatic carbocycles. The zero-order valence-corrected chi connectivity index (χ0v) is 17.9. The number of carboxylic acids is 1. The highest BCUT2D eigenvalue weighted by Gasteiger charge is 2.12. The summed E-state index contributed by atoms with van der Waals surface area (Å²) in [5.41, 5.74) is 5.83. The third-order valence-corrected chi connectivity index (χ3v) is 6.13. The molecule has 3 aromatic carbocycles. The average Bonchev–Trinajstić information content (AvgIpc) is 2.83. The third kappa shape index (κ3) is 5.19. The van der Waals surface area contributed by atoms with Gasteiger partial charge in [-0.1, -0.05) is 84.9 Å². The zero-order chi connectivity index (χ0) is 21.6. The van der Waals surface area contributed by atoms with E-state index in [4.69, 9.17) is 15.1 Å². The molecule has 0 aliphatic heterocycles. The molecule has 1 aromatic heterocycles. The highest BCUT2D eigenvalue weighted by molar-refractivity contribution is 7.99. The molecular formula is C26H22N2O2S. The van der Waals surface area contributed by atoms with Crippen LogP contribution in [0.4, 0.5) is 0 Å². The minimum absolute atomic E-state index is 0.431. The summed E-state index contributed by atoms with van der Waals surface area (Å²) in [4.78, 5) is 20.7. The van der Waals surface area contributed by atoms with Crippen LogP contribution in [0.2, 0.25) is 0 Å². The number of aromatic nitrogens is 2. The molecule has 31 heavy (non-hydrogen) atoms. The molecule has 0 spiro atoms. The lowest BCUT2D eigenvalue weighted by atomic mass is 10.1.